The van der Waals surface area contributed by atoms with E-state index >= 15 is 0 Å². The minimum atomic E-state index is -0.735. The summed E-state index contributed by atoms with van der Waals surface area (Å²) in [4.78, 5) is 49.3. The highest BCUT2D eigenvalue weighted by Crippen LogP contribution is 2.23. The van der Waals surface area contributed by atoms with Gasteiger partial charge in [0, 0.05) is 32.6 Å². The van der Waals surface area contributed by atoms with Crippen LogP contribution in [-0.2, 0) is 4.79 Å². The quantitative estimate of drug-likeness (QED) is 0.0628. The molecule has 2 N–H and O–H groups in total. The number of nitro groups is 1. The first-order valence-electron chi connectivity index (χ1n) is 11.5. The number of hydrogen-bond acceptors (Lipinski definition) is 8. The Balaban J connectivity index is 1.49. The molecular formula is C28H19BrN4O6S. The van der Waals surface area contributed by atoms with Crippen molar-refractivity contribution < 1.29 is 24.0 Å². The lowest BCUT2D eigenvalue weighted by molar-refractivity contribution is -0.384. The summed E-state index contributed by atoms with van der Waals surface area (Å²) < 4.78 is 6.12. The number of thiophene rings is 1. The van der Waals surface area contributed by atoms with Crippen molar-refractivity contribution in [2.24, 2.45) is 5.10 Å². The zero-order valence-electron chi connectivity index (χ0n) is 20.4. The van der Waals surface area contributed by atoms with Crippen LogP contribution in [0.5, 0.6) is 5.75 Å². The van der Waals surface area contributed by atoms with Gasteiger partial charge in [-0.3, -0.25) is 19.7 Å². The van der Waals surface area contributed by atoms with Gasteiger partial charge in [0.25, 0.3) is 17.5 Å². The van der Waals surface area contributed by atoms with Gasteiger partial charge in [0.1, 0.15) is 11.4 Å². The maximum atomic E-state index is 13.0. The number of carbonyl (C=O) groups excluding carboxylic acids is 3. The molecule has 0 saturated heterocycles. The summed E-state index contributed by atoms with van der Waals surface area (Å²) in [6.07, 6.45) is 2.82. The number of nitrogens with zero attached hydrogens (tertiary/aromatic N) is 2. The Kier molecular flexibility index (Phi) is 9.28. The first-order chi connectivity index (χ1) is 19.3. The average Bonchev–Trinajstić information content (AvgIpc) is 3.47. The Labute approximate surface area is 240 Å². The van der Waals surface area contributed by atoms with E-state index in [1.807, 2.05) is 11.4 Å². The molecule has 2 amide bonds. The molecule has 0 atom stereocenters. The Hall–Kier alpha value is -4.94. The number of ether oxygens (including phenoxy) is 1. The van der Waals surface area contributed by atoms with E-state index in [4.69, 9.17) is 4.74 Å². The first-order valence-corrected chi connectivity index (χ1v) is 13.2. The third-order valence-electron chi connectivity index (χ3n) is 5.22. The molecule has 4 aromatic rings. The Morgan fingerprint density at radius 3 is 2.38 bits per heavy atom. The van der Waals surface area contributed by atoms with Crippen molar-refractivity contribution in [2.75, 3.05) is 0 Å². The molecule has 200 valence electrons. The van der Waals surface area contributed by atoms with Gasteiger partial charge in [-0.1, -0.05) is 40.2 Å². The number of benzene rings is 3. The number of hydrogen-bond donors (Lipinski definition) is 2. The van der Waals surface area contributed by atoms with E-state index in [0.717, 1.165) is 4.88 Å². The number of rotatable bonds is 9. The lowest BCUT2D eigenvalue weighted by Crippen LogP contribution is -2.32. The number of nitrogens with one attached hydrogen (secondary N) is 2. The Morgan fingerprint density at radius 1 is 0.950 bits per heavy atom. The van der Waals surface area contributed by atoms with Gasteiger partial charge in [-0.25, -0.2) is 10.2 Å². The van der Waals surface area contributed by atoms with Crippen LogP contribution in [0.3, 0.4) is 0 Å². The lowest BCUT2D eigenvalue weighted by Gasteiger charge is -2.10. The fourth-order valence-electron chi connectivity index (χ4n) is 3.27. The van der Waals surface area contributed by atoms with E-state index in [1.165, 1.54) is 54.0 Å². The summed E-state index contributed by atoms with van der Waals surface area (Å²) in [5.41, 5.74) is 3.05. The van der Waals surface area contributed by atoms with Crippen LogP contribution in [0.25, 0.3) is 6.08 Å². The second-order valence-corrected chi connectivity index (χ2v) is 9.86. The molecule has 40 heavy (non-hydrogen) atoms. The summed E-state index contributed by atoms with van der Waals surface area (Å²) in [7, 11) is 0. The fourth-order valence-corrected chi connectivity index (χ4v) is 4.31. The maximum absolute atomic E-state index is 13.0. The molecule has 1 heterocycles. The van der Waals surface area contributed by atoms with Gasteiger partial charge in [0.05, 0.1) is 16.7 Å². The predicted molar refractivity (Wildman–Crippen MR) is 154 cm³/mol. The van der Waals surface area contributed by atoms with Gasteiger partial charge in [-0.05, 0) is 60.0 Å². The highest BCUT2D eigenvalue weighted by molar-refractivity contribution is 9.10. The molecule has 0 fully saturated rings. The van der Waals surface area contributed by atoms with Crippen molar-refractivity contribution in [3.05, 3.63) is 132 Å². The summed E-state index contributed by atoms with van der Waals surface area (Å²) in [5, 5.41) is 19.3. The van der Waals surface area contributed by atoms with Gasteiger partial charge < -0.3 is 10.1 Å². The van der Waals surface area contributed by atoms with E-state index < -0.39 is 22.7 Å². The zero-order valence-corrected chi connectivity index (χ0v) is 22.8. The fraction of sp³-hybridized carbons (Fsp3) is 0. The van der Waals surface area contributed by atoms with Crippen molar-refractivity contribution in [1.29, 1.82) is 0 Å². The number of halogens is 1. The summed E-state index contributed by atoms with van der Waals surface area (Å²) in [6, 6.07) is 21.8. The lowest BCUT2D eigenvalue weighted by atomic mass is 10.2. The number of carbonyl (C=O) groups is 3. The molecule has 1 aromatic heterocycles. The Morgan fingerprint density at radius 2 is 1.70 bits per heavy atom. The molecule has 4 rings (SSSR count). The molecular weight excluding hydrogens is 600 g/mol. The van der Waals surface area contributed by atoms with E-state index in [2.05, 4.69) is 31.8 Å². The molecule has 0 spiro atoms. The third-order valence-corrected chi connectivity index (χ3v) is 6.53. The molecule has 12 heteroatoms. The van der Waals surface area contributed by atoms with Crippen molar-refractivity contribution in [3.8, 4) is 5.75 Å². The molecule has 0 bridgehead atoms. The van der Waals surface area contributed by atoms with Crippen LogP contribution >= 0.6 is 27.3 Å². The predicted octanol–water partition coefficient (Wildman–Crippen LogP) is 5.56. The van der Waals surface area contributed by atoms with Crippen LogP contribution in [0, 0.1) is 10.1 Å². The van der Waals surface area contributed by atoms with E-state index in [0.29, 0.717) is 15.6 Å². The van der Waals surface area contributed by atoms with Crippen LogP contribution < -0.4 is 15.5 Å². The third kappa shape index (κ3) is 7.56. The van der Waals surface area contributed by atoms with Gasteiger partial charge in [-0.15, -0.1) is 11.3 Å². The molecule has 0 aliphatic carbocycles. The van der Waals surface area contributed by atoms with E-state index in [1.54, 1.807) is 48.5 Å². The van der Waals surface area contributed by atoms with E-state index in [9.17, 15) is 24.5 Å². The summed E-state index contributed by atoms with van der Waals surface area (Å²) >= 11 is 4.74. The SMILES string of the molecule is O=C(NN=Cc1cc(Br)ccc1OC(=O)c1ccc([N+](=O)[O-])cc1)/C(=C/c1cccs1)NC(=O)c1ccccc1. The second kappa shape index (κ2) is 13.2. The van der Waals surface area contributed by atoms with Crippen molar-refractivity contribution in [3.63, 3.8) is 0 Å². The molecule has 0 unspecified atom stereocenters. The van der Waals surface area contributed by atoms with Crippen molar-refractivity contribution in [2.45, 2.75) is 0 Å². The number of non-ortho nitro benzene ring substituents is 1. The topological polar surface area (TPSA) is 140 Å². The van der Waals surface area contributed by atoms with Crippen LogP contribution in [0.4, 0.5) is 5.69 Å². The highest BCUT2D eigenvalue weighted by atomic mass is 79.9. The first kappa shape index (κ1) is 28.1. The summed E-state index contributed by atoms with van der Waals surface area (Å²) in [5.74, 6) is -1.74. The van der Waals surface area contributed by atoms with E-state index in [-0.39, 0.29) is 22.7 Å². The highest BCUT2D eigenvalue weighted by Gasteiger charge is 2.16. The molecule has 10 nitrogen and oxygen atoms in total. The average molecular weight is 619 g/mol. The van der Waals surface area contributed by atoms with Crippen molar-refractivity contribution in [1.82, 2.24) is 10.7 Å². The molecule has 0 aliphatic rings. The van der Waals surface area contributed by atoms with Crippen LogP contribution in [-0.4, -0.2) is 28.9 Å². The van der Waals surface area contributed by atoms with Gasteiger partial charge in [0.15, 0.2) is 0 Å². The maximum Gasteiger partial charge on any atom is 0.343 e. The molecule has 0 saturated carbocycles. The number of hydrazone groups is 1. The second-order valence-electron chi connectivity index (χ2n) is 7.97. The monoisotopic (exact) mass is 618 g/mol. The van der Waals surface area contributed by atoms with Gasteiger partial charge in [-0.2, -0.15) is 5.10 Å². The van der Waals surface area contributed by atoms with Crippen LogP contribution in [0.15, 0.2) is 106 Å². The zero-order chi connectivity index (χ0) is 28.5. The molecule has 3 aromatic carbocycles. The largest absolute Gasteiger partial charge is 0.422 e. The minimum absolute atomic E-state index is 0.0208. The number of nitro benzene ring substituents is 1. The normalized spacial score (nSPS) is 11.2. The Bertz CT molecular complexity index is 1600. The smallest absolute Gasteiger partial charge is 0.343 e. The van der Waals surface area contributed by atoms with Crippen LogP contribution in [0.2, 0.25) is 0 Å². The number of esters is 1. The number of amides is 2. The van der Waals surface area contributed by atoms with Crippen LogP contribution in [0.1, 0.15) is 31.2 Å². The summed E-state index contributed by atoms with van der Waals surface area (Å²) in [6.45, 7) is 0. The minimum Gasteiger partial charge on any atom is -0.422 e. The van der Waals surface area contributed by atoms with Crippen molar-refractivity contribution >= 4 is 63.0 Å². The molecule has 0 radical (unpaired) electrons. The standard InChI is InChI=1S/C28H19BrN4O6S/c29-21-10-13-25(39-28(36)19-8-11-22(12-9-19)33(37)38)20(15-21)17-30-32-27(35)24(16-23-7-4-14-40-23)31-26(34)18-5-2-1-3-6-18/h1-17H,(H,31,34)(H,32,35)/b24-16-,30-17?. The van der Waals surface area contributed by atoms with Gasteiger partial charge >= 0.3 is 5.97 Å². The molecule has 0 aliphatic heterocycles. The van der Waals surface area contributed by atoms with Gasteiger partial charge in [0.2, 0.25) is 0 Å².